The van der Waals surface area contributed by atoms with Crippen LogP contribution >= 0.6 is 15.9 Å². The Morgan fingerprint density at radius 2 is 2.00 bits per heavy atom. The minimum absolute atomic E-state index is 0.123. The zero-order chi connectivity index (χ0) is 11.9. The Morgan fingerprint density at radius 1 is 1.38 bits per heavy atom. The molecule has 0 spiro atoms. The maximum Gasteiger partial charge on any atom is 0.330 e. The highest BCUT2D eigenvalue weighted by molar-refractivity contribution is 9.10. The zero-order valence-corrected chi connectivity index (χ0v) is 9.96. The summed E-state index contributed by atoms with van der Waals surface area (Å²) >= 11 is 2.16. The van der Waals surface area contributed by atoms with E-state index in [9.17, 15) is 13.9 Å². The van der Waals surface area contributed by atoms with Crippen molar-refractivity contribution < 1.29 is 18.3 Å². The number of aryl methyl sites for hydroxylation is 1. The van der Waals surface area contributed by atoms with Gasteiger partial charge in [-0.2, -0.15) is 8.78 Å². The van der Waals surface area contributed by atoms with Gasteiger partial charge in [-0.25, -0.2) is 0 Å². The summed E-state index contributed by atoms with van der Waals surface area (Å²) < 4.78 is 31.3. The largest absolute Gasteiger partial charge is 0.461 e. The Hall–Kier alpha value is -0.940. The minimum atomic E-state index is -3.37. The third-order valence-corrected chi connectivity index (χ3v) is 2.84. The summed E-state index contributed by atoms with van der Waals surface area (Å²) in [7, 11) is 0. The lowest BCUT2D eigenvalue weighted by atomic mass is 10.1. The van der Waals surface area contributed by atoms with Gasteiger partial charge in [0.2, 0.25) is 0 Å². The van der Waals surface area contributed by atoms with Crippen LogP contribution in [0.4, 0.5) is 8.78 Å². The molecule has 0 aliphatic rings. The number of fused-ring (bicyclic) bond motifs is 1. The van der Waals surface area contributed by atoms with E-state index in [1.807, 2.05) is 0 Å². The number of benzene rings is 1. The molecule has 0 bridgehead atoms. The molecule has 1 aromatic heterocycles. The minimum Gasteiger partial charge on any atom is -0.461 e. The number of hydrogen-bond donors (Lipinski definition) is 1. The van der Waals surface area contributed by atoms with Crippen molar-refractivity contribution in [2.24, 2.45) is 0 Å². The molecular formula is C11H9BrF2O2. The van der Waals surface area contributed by atoms with Gasteiger partial charge in [-0.3, -0.25) is 0 Å². The first-order valence-electron chi connectivity index (χ1n) is 4.64. The molecule has 2 nitrogen and oxygen atoms in total. The summed E-state index contributed by atoms with van der Waals surface area (Å²) in [6.45, 7) is 1.55. The van der Waals surface area contributed by atoms with Crippen LogP contribution in [0.2, 0.25) is 0 Å². The maximum atomic E-state index is 13.0. The van der Waals surface area contributed by atoms with Crippen LogP contribution in [0.1, 0.15) is 17.4 Å². The van der Waals surface area contributed by atoms with Crippen molar-refractivity contribution >= 4 is 26.9 Å². The molecule has 2 rings (SSSR count). The molecule has 1 atom stereocenters. The van der Waals surface area contributed by atoms with E-state index < -0.39 is 10.9 Å². The van der Waals surface area contributed by atoms with Crippen molar-refractivity contribution in [1.29, 1.82) is 0 Å². The molecule has 1 aromatic carbocycles. The first-order chi connectivity index (χ1) is 7.41. The van der Waals surface area contributed by atoms with Crippen molar-refractivity contribution in [2.45, 2.75) is 17.9 Å². The Bertz CT molecular complexity index is 516. The second kappa shape index (κ2) is 3.82. The first-order valence-corrected chi connectivity index (χ1v) is 5.43. The molecule has 16 heavy (non-hydrogen) atoms. The second-order valence-electron chi connectivity index (χ2n) is 3.51. The third kappa shape index (κ3) is 1.85. The molecule has 2 aromatic rings. The molecule has 0 radical (unpaired) electrons. The highest BCUT2D eigenvalue weighted by Crippen LogP contribution is 2.41. The molecule has 1 heterocycles. The highest BCUT2D eigenvalue weighted by Gasteiger charge is 2.39. The Balaban J connectivity index is 2.64. The van der Waals surface area contributed by atoms with Crippen LogP contribution in [0.15, 0.2) is 28.7 Å². The van der Waals surface area contributed by atoms with Crippen molar-refractivity contribution in [3.05, 3.63) is 35.6 Å². The predicted molar refractivity (Wildman–Crippen MR) is 59.8 cm³/mol. The van der Waals surface area contributed by atoms with E-state index >= 15 is 0 Å². The van der Waals surface area contributed by atoms with E-state index in [1.54, 1.807) is 31.2 Å². The number of halogens is 3. The summed E-state index contributed by atoms with van der Waals surface area (Å²) in [6, 6.07) is 6.77. The number of para-hydroxylation sites is 1. The molecule has 0 aliphatic heterocycles. The molecule has 86 valence electrons. The van der Waals surface area contributed by atoms with Gasteiger partial charge >= 0.3 is 4.83 Å². The molecule has 0 saturated carbocycles. The fourth-order valence-electron chi connectivity index (χ4n) is 1.69. The monoisotopic (exact) mass is 290 g/mol. The molecular weight excluding hydrogens is 282 g/mol. The van der Waals surface area contributed by atoms with E-state index in [1.165, 1.54) is 0 Å². The van der Waals surface area contributed by atoms with Gasteiger partial charge in [0.25, 0.3) is 0 Å². The fourth-order valence-corrected chi connectivity index (χ4v) is 1.92. The summed E-state index contributed by atoms with van der Waals surface area (Å²) in [4.78, 5) is -3.37. The van der Waals surface area contributed by atoms with E-state index in [-0.39, 0.29) is 5.56 Å². The smallest absolute Gasteiger partial charge is 0.330 e. The highest BCUT2D eigenvalue weighted by atomic mass is 79.9. The molecule has 0 amide bonds. The lowest BCUT2D eigenvalue weighted by Crippen LogP contribution is -2.18. The number of aliphatic hydroxyl groups is 1. The van der Waals surface area contributed by atoms with Gasteiger partial charge < -0.3 is 9.52 Å². The lowest BCUT2D eigenvalue weighted by Gasteiger charge is -2.16. The van der Waals surface area contributed by atoms with Crippen molar-refractivity contribution in [3.8, 4) is 0 Å². The lowest BCUT2D eigenvalue weighted by molar-refractivity contribution is -0.0294. The van der Waals surface area contributed by atoms with Crippen molar-refractivity contribution in [3.63, 3.8) is 0 Å². The molecule has 1 N–H and O–H groups in total. The predicted octanol–water partition coefficient (Wildman–Crippen LogP) is 3.76. The van der Waals surface area contributed by atoms with Crippen LogP contribution in [-0.2, 0) is 0 Å². The van der Waals surface area contributed by atoms with Crippen molar-refractivity contribution in [2.75, 3.05) is 0 Å². The van der Waals surface area contributed by atoms with Gasteiger partial charge in [0, 0.05) is 10.9 Å². The van der Waals surface area contributed by atoms with Crippen LogP contribution in [0.5, 0.6) is 0 Å². The Labute approximate surface area is 99.0 Å². The number of furan rings is 1. The van der Waals surface area contributed by atoms with Crippen LogP contribution in [0, 0.1) is 6.92 Å². The number of aliphatic hydroxyl groups excluding tert-OH is 1. The van der Waals surface area contributed by atoms with E-state index in [0.29, 0.717) is 16.7 Å². The quantitative estimate of drug-likeness (QED) is 0.855. The maximum absolute atomic E-state index is 13.0. The molecule has 1 unspecified atom stereocenters. The fraction of sp³-hybridized carbons (Fsp3) is 0.273. The SMILES string of the molecule is Cc1oc2ccccc2c1C(O)C(F)(F)Br. The molecule has 0 fully saturated rings. The number of alkyl halides is 3. The van der Waals surface area contributed by atoms with Gasteiger partial charge in [-0.15, -0.1) is 0 Å². The van der Waals surface area contributed by atoms with Crippen LogP contribution in [0.3, 0.4) is 0 Å². The van der Waals surface area contributed by atoms with Crippen LogP contribution in [-0.4, -0.2) is 9.94 Å². The van der Waals surface area contributed by atoms with Gasteiger partial charge in [-0.05, 0) is 28.9 Å². The summed E-state index contributed by atoms with van der Waals surface area (Å²) in [5, 5.41) is 10.1. The second-order valence-corrected chi connectivity index (χ2v) is 4.57. The zero-order valence-electron chi connectivity index (χ0n) is 8.38. The first kappa shape index (κ1) is 11.5. The standard InChI is InChI=1S/C11H9BrF2O2/c1-6-9(10(15)11(12,13)14)7-4-2-3-5-8(7)16-6/h2-5,10,15H,1H3. The summed E-state index contributed by atoms with van der Waals surface area (Å²) in [6.07, 6.45) is -1.92. The third-order valence-electron chi connectivity index (χ3n) is 2.40. The Kier molecular flexibility index (Phi) is 2.75. The average Bonchev–Trinajstić information content (AvgIpc) is 2.51. The summed E-state index contributed by atoms with van der Waals surface area (Å²) in [5.74, 6) is 0.299. The number of hydrogen-bond acceptors (Lipinski definition) is 2. The van der Waals surface area contributed by atoms with E-state index in [4.69, 9.17) is 4.42 Å². The summed E-state index contributed by atoms with van der Waals surface area (Å²) in [5.41, 5.74) is 0.614. The topological polar surface area (TPSA) is 33.4 Å². The number of rotatable bonds is 2. The average molecular weight is 291 g/mol. The molecule has 0 saturated heterocycles. The molecule has 5 heteroatoms. The molecule has 0 aliphatic carbocycles. The van der Waals surface area contributed by atoms with Gasteiger partial charge in [-0.1, -0.05) is 18.2 Å². The Morgan fingerprint density at radius 3 is 2.62 bits per heavy atom. The van der Waals surface area contributed by atoms with Crippen LogP contribution in [0.25, 0.3) is 11.0 Å². The van der Waals surface area contributed by atoms with Gasteiger partial charge in [0.1, 0.15) is 11.3 Å². The van der Waals surface area contributed by atoms with Gasteiger partial charge in [0.15, 0.2) is 6.10 Å². The van der Waals surface area contributed by atoms with Gasteiger partial charge in [0.05, 0.1) is 0 Å². The van der Waals surface area contributed by atoms with Crippen molar-refractivity contribution in [1.82, 2.24) is 0 Å². The normalized spacial score (nSPS) is 14.3. The van der Waals surface area contributed by atoms with Crippen LogP contribution < -0.4 is 0 Å². The van der Waals surface area contributed by atoms with E-state index in [0.717, 1.165) is 0 Å². The van der Waals surface area contributed by atoms with E-state index in [2.05, 4.69) is 15.9 Å².